The van der Waals surface area contributed by atoms with E-state index in [0.29, 0.717) is 17.9 Å². The Balaban J connectivity index is 0.00000144. The molecule has 0 spiro atoms. The number of halogens is 3. The number of hydrogen-bond donors (Lipinski definition) is 1. The minimum absolute atomic E-state index is 0. The number of hydrogen-bond acceptors (Lipinski definition) is 2. The van der Waals surface area contributed by atoms with Gasteiger partial charge in [0, 0.05) is 31.9 Å². The van der Waals surface area contributed by atoms with E-state index in [0.717, 1.165) is 6.07 Å². The Morgan fingerprint density at radius 2 is 1.88 bits per heavy atom. The zero-order valence-corrected chi connectivity index (χ0v) is 9.97. The first-order valence-electron chi connectivity index (χ1n) is 4.82. The molecule has 0 fully saturated rings. The van der Waals surface area contributed by atoms with E-state index in [-0.39, 0.29) is 12.4 Å². The van der Waals surface area contributed by atoms with Crippen LogP contribution in [0.2, 0.25) is 0 Å². The summed E-state index contributed by atoms with van der Waals surface area (Å²) in [6, 6.07) is 5.22. The van der Waals surface area contributed by atoms with Crippen LogP contribution in [0.15, 0.2) is 30.5 Å². The second kappa shape index (κ2) is 5.63. The molecule has 92 valence electrons. The van der Waals surface area contributed by atoms with E-state index in [1.165, 1.54) is 12.1 Å². The van der Waals surface area contributed by atoms with Crippen molar-refractivity contribution in [1.82, 2.24) is 9.78 Å². The Labute approximate surface area is 104 Å². The van der Waals surface area contributed by atoms with Crippen molar-refractivity contribution in [1.29, 1.82) is 0 Å². The molecule has 17 heavy (non-hydrogen) atoms. The average molecular weight is 260 g/mol. The van der Waals surface area contributed by atoms with Crippen molar-refractivity contribution in [2.24, 2.45) is 7.05 Å². The number of nitrogens with zero attached hydrogens (tertiary/aromatic N) is 2. The summed E-state index contributed by atoms with van der Waals surface area (Å²) in [5, 5.41) is 7.06. The molecular weight excluding hydrogens is 248 g/mol. The van der Waals surface area contributed by atoms with Crippen LogP contribution in [0.5, 0.6) is 0 Å². The topological polar surface area (TPSA) is 29.9 Å². The van der Waals surface area contributed by atoms with Crippen molar-refractivity contribution in [3.8, 4) is 0 Å². The molecule has 0 unspecified atom stereocenters. The summed E-state index contributed by atoms with van der Waals surface area (Å²) in [6.45, 7) is 0.339. The van der Waals surface area contributed by atoms with Crippen LogP contribution in [0.25, 0.3) is 0 Å². The monoisotopic (exact) mass is 259 g/mol. The van der Waals surface area contributed by atoms with E-state index in [1.807, 2.05) is 0 Å². The molecule has 1 aromatic carbocycles. The predicted molar refractivity (Wildman–Crippen MR) is 64.1 cm³/mol. The first-order valence-corrected chi connectivity index (χ1v) is 4.82. The van der Waals surface area contributed by atoms with Gasteiger partial charge in [0.05, 0.1) is 0 Å². The van der Waals surface area contributed by atoms with Gasteiger partial charge in [-0.05, 0) is 17.7 Å². The summed E-state index contributed by atoms with van der Waals surface area (Å²) >= 11 is 0. The van der Waals surface area contributed by atoms with Crippen molar-refractivity contribution < 1.29 is 8.78 Å². The summed E-state index contributed by atoms with van der Waals surface area (Å²) in [4.78, 5) is 0. The third-order valence-electron chi connectivity index (χ3n) is 2.11. The van der Waals surface area contributed by atoms with Crippen LogP contribution >= 0.6 is 12.4 Å². The summed E-state index contributed by atoms with van der Waals surface area (Å²) < 4.78 is 27.4. The Kier molecular flexibility index (Phi) is 4.45. The van der Waals surface area contributed by atoms with Gasteiger partial charge in [0.1, 0.15) is 17.5 Å². The van der Waals surface area contributed by atoms with Crippen molar-refractivity contribution >= 4 is 18.2 Å². The average Bonchev–Trinajstić information content (AvgIpc) is 2.60. The first-order chi connectivity index (χ1) is 7.63. The van der Waals surface area contributed by atoms with E-state index < -0.39 is 11.6 Å². The highest BCUT2D eigenvalue weighted by atomic mass is 35.5. The highest BCUT2D eigenvalue weighted by Crippen LogP contribution is 2.10. The largest absolute Gasteiger partial charge is 0.365 e. The summed E-state index contributed by atoms with van der Waals surface area (Å²) in [5.41, 5.74) is 0.545. The van der Waals surface area contributed by atoms with E-state index in [9.17, 15) is 8.78 Å². The van der Waals surface area contributed by atoms with Gasteiger partial charge >= 0.3 is 0 Å². The Hall–Kier alpha value is -1.62. The van der Waals surface area contributed by atoms with Crippen LogP contribution in [0.1, 0.15) is 5.56 Å². The summed E-state index contributed by atoms with van der Waals surface area (Å²) in [6.07, 6.45) is 1.79. The van der Waals surface area contributed by atoms with Gasteiger partial charge in [-0.3, -0.25) is 4.68 Å². The molecule has 0 atom stereocenters. The molecule has 2 aromatic rings. The molecule has 0 amide bonds. The minimum atomic E-state index is -0.571. The van der Waals surface area contributed by atoms with Crippen LogP contribution in [-0.2, 0) is 13.6 Å². The molecule has 2 rings (SSSR count). The third-order valence-corrected chi connectivity index (χ3v) is 2.11. The van der Waals surface area contributed by atoms with Crippen molar-refractivity contribution in [3.63, 3.8) is 0 Å². The first kappa shape index (κ1) is 13.4. The molecule has 6 heteroatoms. The Morgan fingerprint density at radius 3 is 2.41 bits per heavy atom. The molecule has 0 aliphatic heterocycles. The van der Waals surface area contributed by atoms with Gasteiger partial charge in [0.2, 0.25) is 0 Å². The molecule has 1 heterocycles. The number of aryl methyl sites for hydroxylation is 1. The van der Waals surface area contributed by atoms with Crippen LogP contribution in [-0.4, -0.2) is 9.78 Å². The Bertz CT molecular complexity index is 479. The summed E-state index contributed by atoms with van der Waals surface area (Å²) in [5.74, 6) is -0.470. The van der Waals surface area contributed by atoms with Crippen molar-refractivity contribution in [3.05, 3.63) is 47.7 Å². The maximum Gasteiger partial charge on any atom is 0.148 e. The SMILES string of the molecule is Cl.Cn1ccc(NCc2cc(F)cc(F)c2)n1. The van der Waals surface area contributed by atoms with Crippen LogP contribution in [0, 0.1) is 11.6 Å². The molecule has 0 aliphatic carbocycles. The maximum atomic E-state index is 12.9. The zero-order chi connectivity index (χ0) is 11.5. The third kappa shape index (κ3) is 3.71. The maximum absolute atomic E-state index is 12.9. The highest BCUT2D eigenvalue weighted by Gasteiger charge is 2.01. The van der Waals surface area contributed by atoms with Crippen LogP contribution in [0.3, 0.4) is 0 Å². The molecule has 1 N–H and O–H groups in total. The molecule has 0 bridgehead atoms. The zero-order valence-electron chi connectivity index (χ0n) is 9.15. The quantitative estimate of drug-likeness (QED) is 0.919. The lowest BCUT2D eigenvalue weighted by atomic mass is 10.2. The van der Waals surface area contributed by atoms with Crippen molar-refractivity contribution in [2.75, 3.05) is 5.32 Å². The van der Waals surface area contributed by atoms with Gasteiger partial charge in [-0.2, -0.15) is 5.10 Å². The fourth-order valence-corrected chi connectivity index (χ4v) is 1.41. The van der Waals surface area contributed by atoms with Gasteiger partial charge < -0.3 is 5.32 Å². The number of rotatable bonds is 3. The van der Waals surface area contributed by atoms with E-state index in [4.69, 9.17) is 0 Å². The smallest absolute Gasteiger partial charge is 0.148 e. The lowest BCUT2D eigenvalue weighted by Crippen LogP contribution is -2.01. The van der Waals surface area contributed by atoms with Gasteiger partial charge in [-0.1, -0.05) is 0 Å². The summed E-state index contributed by atoms with van der Waals surface area (Å²) in [7, 11) is 1.80. The molecule has 3 nitrogen and oxygen atoms in total. The van der Waals surface area contributed by atoms with Crippen LogP contribution in [0.4, 0.5) is 14.6 Å². The number of aromatic nitrogens is 2. The standard InChI is InChI=1S/C11H11F2N3.ClH/c1-16-3-2-11(15-16)14-7-8-4-9(12)6-10(13)5-8;/h2-6H,7H2,1H3,(H,14,15);1H. The van der Waals surface area contributed by atoms with Gasteiger partial charge in [-0.25, -0.2) is 8.78 Å². The lowest BCUT2D eigenvalue weighted by Gasteiger charge is -2.03. The fraction of sp³-hybridized carbons (Fsp3) is 0.182. The second-order valence-electron chi connectivity index (χ2n) is 3.51. The lowest BCUT2D eigenvalue weighted by molar-refractivity contribution is 0.580. The number of anilines is 1. The van der Waals surface area contributed by atoms with Crippen LogP contribution < -0.4 is 5.32 Å². The second-order valence-corrected chi connectivity index (χ2v) is 3.51. The van der Waals surface area contributed by atoms with E-state index >= 15 is 0 Å². The molecule has 0 saturated heterocycles. The normalized spacial score (nSPS) is 9.82. The molecular formula is C11H12ClF2N3. The molecule has 0 radical (unpaired) electrons. The molecule has 0 aliphatic rings. The highest BCUT2D eigenvalue weighted by molar-refractivity contribution is 5.85. The fourth-order valence-electron chi connectivity index (χ4n) is 1.41. The molecule has 1 aromatic heterocycles. The van der Waals surface area contributed by atoms with Gasteiger partial charge in [0.25, 0.3) is 0 Å². The van der Waals surface area contributed by atoms with E-state index in [1.54, 1.807) is 24.0 Å². The van der Waals surface area contributed by atoms with Crippen molar-refractivity contribution in [2.45, 2.75) is 6.54 Å². The minimum Gasteiger partial charge on any atom is -0.365 e. The van der Waals surface area contributed by atoms with Gasteiger partial charge in [0.15, 0.2) is 0 Å². The predicted octanol–water partition coefficient (Wildman–Crippen LogP) is 2.73. The number of nitrogens with one attached hydrogen (secondary N) is 1. The number of benzene rings is 1. The Morgan fingerprint density at radius 1 is 1.24 bits per heavy atom. The molecule has 0 saturated carbocycles. The van der Waals surface area contributed by atoms with E-state index in [2.05, 4.69) is 10.4 Å². The van der Waals surface area contributed by atoms with Gasteiger partial charge in [-0.15, -0.1) is 12.4 Å².